The molecule has 0 aliphatic heterocycles. The molecule has 1 amide bonds. The lowest BCUT2D eigenvalue weighted by molar-refractivity contribution is 0.0942. The molecule has 1 aliphatic carbocycles. The minimum absolute atomic E-state index is 0.0333. The quantitative estimate of drug-likeness (QED) is 0.877. The summed E-state index contributed by atoms with van der Waals surface area (Å²) in [6.07, 6.45) is 4.53. The third-order valence-electron chi connectivity index (χ3n) is 3.86. The summed E-state index contributed by atoms with van der Waals surface area (Å²) in [5, 5.41) is 3.05. The first-order valence-corrected chi connectivity index (χ1v) is 7.16. The largest absolute Gasteiger partial charge is 0.352 e. The first kappa shape index (κ1) is 14.1. The maximum absolute atomic E-state index is 12.1. The van der Waals surface area contributed by atoms with Gasteiger partial charge in [-0.3, -0.25) is 4.79 Å². The lowest BCUT2D eigenvalue weighted by Crippen LogP contribution is -2.35. The molecule has 3 nitrogen and oxygen atoms in total. The molecule has 2 atom stereocenters. The van der Waals surface area contributed by atoms with E-state index in [1.807, 2.05) is 26.0 Å². The van der Waals surface area contributed by atoms with Crippen LogP contribution in [0.3, 0.4) is 0 Å². The number of hydrogen-bond acceptors (Lipinski definition) is 2. The van der Waals surface area contributed by atoms with Crippen molar-refractivity contribution < 1.29 is 4.79 Å². The fourth-order valence-corrected chi connectivity index (χ4v) is 2.96. The van der Waals surface area contributed by atoms with E-state index in [-0.39, 0.29) is 5.91 Å². The Labute approximate surface area is 115 Å². The smallest absolute Gasteiger partial charge is 0.251 e. The number of rotatable bonds is 3. The van der Waals surface area contributed by atoms with Gasteiger partial charge in [0.05, 0.1) is 0 Å². The molecule has 1 fully saturated rings. The summed E-state index contributed by atoms with van der Waals surface area (Å²) in [5.74, 6) is 0.574. The number of hydrogen-bond donors (Lipinski definition) is 2. The van der Waals surface area contributed by atoms with E-state index in [0.717, 1.165) is 36.1 Å². The van der Waals surface area contributed by atoms with Gasteiger partial charge in [0.1, 0.15) is 0 Å². The molecule has 0 spiro atoms. The van der Waals surface area contributed by atoms with E-state index >= 15 is 0 Å². The molecule has 19 heavy (non-hydrogen) atoms. The van der Waals surface area contributed by atoms with E-state index in [9.17, 15) is 4.79 Å². The van der Waals surface area contributed by atoms with Crippen molar-refractivity contribution in [2.45, 2.75) is 45.6 Å². The monoisotopic (exact) mass is 260 g/mol. The Morgan fingerprint density at radius 3 is 2.58 bits per heavy atom. The van der Waals surface area contributed by atoms with Crippen molar-refractivity contribution in [1.82, 2.24) is 5.32 Å². The Kier molecular flexibility index (Phi) is 4.59. The molecule has 0 radical (unpaired) electrons. The fourth-order valence-electron chi connectivity index (χ4n) is 2.96. The van der Waals surface area contributed by atoms with Crippen LogP contribution in [0.5, 0.6) is 0 Å². The van der Waals surface area contributed by atoms with Crippen molar-refractivity contribution >= 4 is 5.91 Å². The highest BCUT2D eigenvalue weighted by Crippen LogP contribution is 2.22. The van der Waals surface area contributed by atoms with Gasteiger partial charge in [-0.2, -0.15) is 0 Å². The van der Waals surface area contributed by atoms with Gasteiger partial charge in [-0.25, -0.2) is 0 Å². The fraction of sp³-hybridized carbons (Fsp3) is 0.562. The van der Waals surface area contributed by atoms with Gasteiger partial charge < -0.3 is 11.1 Å². The normalized spacial score (nSPS) is 23.1. The molecule has 1 saturated carbocycles. The average Bonchev–Trinajstić information content (AvgIpc) is 2.35. The van der Waals surface area contributed by atoms with Crippen LogP contribution < -0.4 is 11.1 Å². The van der Waals surface area contributed by atoms with Crippen molar-refractivity contribution in [3.63, 3.8) is 0 Å². The van der Waals surface area contributed by atoms with Crippen LogP contribution in [0.1, 0.15) is 47.2 Å². The second kappa shape index (κ2) is 6.20. The SMILES string of the molecule is Cc1cc(C)cc(C(=O)NCC2CCCC(N)C2)c1. The highest BCUT2D eigenvalue weighted by molar-refractivity contribution is 5.94. The molecule has 1 aromatic carbocycles. The van der Waals surface area contributed by atoms with Gasteiger partial charge in [0.2, 0.25) is 0 Å². The molecule has 0 heterocycles. The van der Waals surface area contributed by atoms with E-state index < -0.39 is 0 Å². The van der Waals surface area contributed by atoms with E-state index in [2.05, 4.69) is 11.4 Å². The minimum Gasteiger partial charge on any atom is -0.352 e. The summed E-state index contributed by atoms with van der Waals surface area (Å²) in [7, 11) is 0. The Hall–Kier alpha value is -1.35. The Bertz CT molecular complexity index is 436. The molecule has 2 unspecified atom stereocenters. The van der Waals surface area contributed by atoms with E-state index in [1.165, 1.54) is 12.8 Å². The molecule has 1 aliphatic rings. The predicted octanol–water partition coefficient (Wildman–Crippen LogP) is 2.55. The third kappa shape index (κ3) is 4.06. The molecule has 0 aromatic heterocycles. The number of benzene rings is 1. The first-order chi connectivity index (χ1) is 9.04. The maximum Gasteiger partial charge on any atom is 0.251 e. The summed E-state index contributed by atoms with van der Waals surface area (Å²) in [4.78, 5) is 12.1. The first-order valence-electron chi connectivity index (χ1n) is 7.16. The molecule has 2 rings (SSSR count). The van der Waals surface area contributed by atoms with Crippen LogP contribution in [0, 0.1) is 19.8 Å². The van der Waals surface area contributed by atoms with Crippen molar-refractivity contribution in [3.05, 3.63) is 34.9 Å². The molecule has 1 aromatic rings. The van der Waals surface area contributed by atoms with Crippen molar-refractivity contribution in [3.8, 4) is 0 Å². The number of amides is 1. The van der Waals surface area contributed by atoms with Crippen LogP contribution in [-0.4, -0.2) is 18.5 Å². The summed E-state index contributed by atoms with van der Waals surface area (Å²) in [6, 6.07) is 6.28. The van der Waals surface area contributed by atoms with Gasteiger partial charge in [-0.05, 0) is 51.2 Å². The Morgan fingerprint density at radius 1 is 1.26 bits per heavy atom. The molecular weight excluding hydrogens is 236 g/mol. The van der Waals surface area contributed by atoms with Crippen molar-refractivity contribution in [2.75, 3.05) is 6.54 Å². The number of carbonyl (C=O) groups excluding carboxylic acids is 1. The van der Waals surface area contributed by atoms with Crippen molar-refractivity contribution in [2.24, 2.45) is 11.7 Å². The summed E-state index contributed by atoms with van der Waals surface area (Å²) in [6.45, 7) is 4.79. The molecule has 3 heteroatoms. The lowest BCUT2D eigenvalue weighted by Gasteiger charge is -2.26. The second-order valence-electron chi connectivity index (χ2n) is 5.88. The number of aryl methyl sites for hydroxylation is 2. The number of nitrogens with two attached hydrogens (primary N) is 1. The molecular formula is C16H24N2O. The minimum atomic E-state index is 0.0333. The third-order valence-corrected chi connectivity index (χ3v) is 3.86. The van der Waals surface area contributed by atoms with Crippen LogP contribution >= 0.6 is 0 Å². The van der Waals surface area contributed by atoms with Crippen LogP contribution in [0.2, 0.25) is 0 Å². The highest BCUT2D eigenvalue weighted by atomic mass is 16.1. The van der Waals surface area contributed by atoms with Crippen LogP contribution in [-0.2, 0) is 0 Å². The van der Waals surface area contributed by atoms with Gasteiger partial charge >= 0.3 is 0 Å². The predicted molar refractivity (Wildman–Crippen MR) is 78.2 cm³/mol. The van der Waals surface area contributed by atoms with E-state index in [0.29, 0.717) is 12.0 Å². The van der Waals surface area contributed by atoms with Gasteiger partial charge in [0, 0.05) is 18.2 Å². The zero-order valence-corrected chi connectivity index (χ0v) is 11.9. The second-order valence-corrected chi connectivity index (χ2v) is 5.88. The lowest BCUT2D eigenvalue weighted by atomic mass is 9.86. The van der Waals surface area contributed by atoms with Crippen LogP contribution in [0.25, 0.3) is 0 Å². The molecule has 0 bridgehead atoms. The topological polar surface area (TPSA) is 55.1 Å². The van der Waals surface area contributed by atoms with Crippen LogP contribution in [0.4, 0.5) is 0 Å². The highest BCUT2D eigenvalue weighted by Gasteiger charge is 2.19. The van der Waals surface area contributed by atoms with Gasteiger partial charge in [0.25, 0.3) is 5.91 Å². The molecule has 104 valence electrons. The Balaban J connectivity index is 1.90. The van der Waals surface area contributed by atoms with Gasteiger partial charge in [0.15, 0.2) is 0 Å². The number of carbonyl (C=O) groups is 1. The maximum atomic E-state index is 12.1. The van der Waals surface area contributed by atoms with E-state index in [4.69, 9.17) is 5.73 Å². The van der Waals surface area contributed by atoms with E-state index in [1.54, 1.807) is 0 Å². The Morgan fingerprint density at radius 2 is 1.95 bits per heavy atom. The standard InChI is InChI=1S/C16H24N2O/c1-11-6-12(2)8-14(7-11)16(19)18-10-13-4-3-5-15(17)9-13/h6-8,13,15H,3-5,9-10,17H2,1-2H3,(H,18,19). The van der Waals surface area contributed by atoms with Crippen LogP contribution in [0.15, 0.2) is 18.2 Å². The summed E-state index contributed by atoms with van der Waals surface area (Å²) in [5.41, 5.74) is 8.99. The molecule has 0 saturated heterocycles. The summed E-state index contributed by atoms with van der Waals surface area (Å²) >= 11 is 0. The zero-order chi connectivity index (χ0) is 13.8. The van der Waals surface area contributed by atoms with Gasteiger partial charge in [-0.1, -0.05) is 23.6 Å². The van der Waals surface area contributed by atoms with Gasteiger partial charge in [-0.15, -0.1) is 0 Å². The van der Waals surface area contributed by atoms with Crippen molar-refractivity contribution in [1.29, 1.82) is 0 Å². The zero-order valence-electron chi connectivity index (χ0n) is 11.9. The number of nitrogens with one attached hydrogen (secondary N) is 1. The average molecular weight is 260 g/mol. The summed E-state index contributed by atoms with van der Waals surface area (Å²) < 4.78 is 0. The molecule has 3 N–H and O–H groups in total.